The second kappa shape index (κ2) is 28.8. The first kappa shape index (κ1) is 29.8. The van der Waals surface area contributed by atoms with Crippen LogP contribution in [0.5, 0.6) is 0 Å². The molecule has 0 bridgehead atoms. The van der Waals surface area contributed by atoms with Crippen LogP contribution in [0.4, 0.5) is 0 Å². The Morgan fingerprint density at radius 2 is 0.793 bits per heavy atom. The third-order valence-corrected chi connectivity index (χ3v) is 6.02. The van der Waals surface area contributed by atoms with Crippen LogP contribution < -0.4 is 0 Å². The number of unbranched alkanes of at least 4 members (excludes halogenated alkanes) is 10. The Hall–Kier alpha value is 0.820. The summed E-state index contributed by atoms with van der Waals surface area (Å²) in [5.74, 6) is 0. The molecule has 0 aromatic rings. The number of rotatable bonds is 24. The van der Waals surface area contributed by atoms with E-state index in [2.05, 4.69) is 69.5 Å². The van der Waals surface area contributed by atoms with Gasteiger partial charge in [-0.3, -0.25) is 0 Å². The van der Waals surface area contributed by atoms with E-state index in [0.717, 1.165) is 38.9 Å². The molecule has 3 nitrogen and oxygen atoms in total. The molecule has 0 aliphatic rings. The zero-order chi connectivity index (χ0) is 21.1. The molecular weight excluding hydrogens is 590 g/mol. The first-order valence-electron chi connectivity index (χ1n) is 11.6. The van der Waals surface area contributed by atoms with Gasteiger partial charge in [0.15, 0.2) is 0 Å². The fourth-order valence-electron chi connectivity index (χ4n) is 2.77. The van der Waals surface area contributed by atoms with Gasteiger partial charge in [-0.1, -0.05) is 95.2 Å². The zero-order valence-electron chi connectivity index (χ0n) is 18.4. The molecule has 0 aliphatic heterocycles. The number of ether oxygens (including phenoxy) is 3. The molecule has 172 valence electrons. The van der Waals surface area contributed by atoms with Crippen molar-refractivity contribution in [3.63, 3.8) is 0 Å². The summed E-state index contributed by atoms with van der Waals surface area (Å²) >= 11 is 4.91. The maximum Gasteiger partial charge on any atom is 0.149 e. The molecular formula is C24H44I2O3. The number of hydrogen-bond acceptors (Lipinski definition) is 3. The Labute approximate surface area is 208 Å². The van der Waals surface area contributed by atoms with Crippen LogP contribution in [-0.4, -0.2) is 35.7 Å². The summed E-state index contributed by atoms with van der Waals surface area (Å²) in [7, 11) is 0. The van der Waals surface area contributed by atoms with Crippen molar-refractivity contribution in [1.29, 1.82) is 0 Å². The van der Waals surface area contributed by atoms with Gasteiger partial charge in [-0.15, -0.1) is 0 Å². The van der Waals surface area contributed by atoms with E-state index < -0.39 is 0 Å². The molecule has 0 amide bonds. The lowest BCUT2D eigenvalue weighted by Crippen LogP contribution is -2.06. The van der Waals surface area contributed by atoms with Gasteiger partial charge in [0.25, 0.3) is 0 Å². The summed E-state index contributed by atoms with van der Waals surface area (Å²) in [6.07, 6.45) is 26.8. The molecule has 0 heterocycles. The molecule has 0 N–H and O–H groups in total. The van der Waals surface area contributed by atoms with Crippen LogP contribution in [0.1, 0.15) is 89.9 Å². The van der Waals surface area contributed by atoms with Gasteiger partial charge in [-0.05, 0) is 73.1 Å². The van der Waals surface area contributed by atoms with E-state index in [0.29, 0.717) is 13.6 Å². The molecule has 0 aliphatic carbocycles. The van der Waals surface area contributed by atoms with Gasteiger partial charge >= 0.3 is 0 Å². The predicted molar refractivity (Wildman–Crippen MR) is 143 cm³/mol. The highest BCUT2D eigenvalue weighted by Crippen LogP contribution is 2.07. The first-order valence-corrected chi connectivity index (χ1v) is 14.6. The Balaban J connectivity index is 3.09. The third-order valence-electron chi connectivity index (χ3n) is 4.49. The summed E-state index contributed by atoms with van der Waals surface area (Å²) in [5, 5.41) is 0. The number of hydrogen-bond donors (Lipinski definition) is 0. The minimum absolute atomic E-state index is 0.331. The van der Waals surface area contributed by atoms with Crippen molar-refractivity contribution in [1.82, 2.24) is 0 Å². The second-order valence-electron chi connectivity index (χ2n) is 7.27. The number of alkyl halides is 2. The first-order chi connectivity index (χ1) is 14.4. The number of halogens is 2. The molecule has 0 rings (SSSR count). The van der Waals surface area contributed by atoms with E-state index in [1.54, 1.807) is 0 Å². The monoisotopic (exact) mass is 634 g/mol. The van der Waals surface area contributed by atoms with Crippen molar-refractivity contribution >= 4 is 45.2 Å². The Morgan fingerprint density at radius 3 is 1.21 bits per heavy atom. The van der Waals surface area contributed by atoms with Gasteiger partial charge < -0.3 is 14.2 Å². The summed E-state index contributed by atoms with van der Waals surface area (Å²) in [6, 6.07) is 0. The van der Waals surface area contributed by atoms with E-state index in [4.69, 9.17) is 14.2 Å². The molecule has 0 fully saturated rings. The van der Waals surface area contributed by atoms with Crippen molar-refractivity contribution in [2.45, 2.75) is 89.9 Å². The van der Waals surface area contributed by atoms with Crippen molar-refractivity contribution < 1.29 is 14.2 Å². The largest absolute Gasteiger partial charge is 0.355 e. The highest BCUT2D eigenvalue weighted by Gasteiger charge is 1.91. The van der Waals surface area contributed by atoms with E-state index in [9.17, 15) is 0 Å². The highest BCUT2D eigenvalue weighted by atomic mass is 127. The fourth-order valence-corrected chi connectivity index (χ4v) is 3.85. The van der Waals surface area contributed by atoms with Crippen LogP contribution in [0.15, 0.2) is 24.3 Å². The molecule has 29 heavy (non-hydrogen) atoms. The lowest BCUT2D eigenvalue weighted by molar-refractivity contribution is -0.131. The lowest BCUT2D eigenvalue weighted by Gasteiger charge is -2.06. The quantitative estimate of drug-likeness (QED) is 0.0351. The third kappa shape index (κ3) is 28.8. The molecule has 0 spiro atoms. The van der Waals surface area contributed by atoms with Crippen LogP contribution >= 0.6 is 45.2 Å². The predicted octanol–water partition coefficient (Wildman–Crippen LogP) is 8.40. The molecule has 5 heteroatoms. The van der Waals surface area contributed by atoms with Gasteiger partial charge in [0.1, 0.15) is 13.6 Å². The van der Waals surface area contributed by atoms with Crippen molar-refractivity contribution in [3.8, 4) is 0 Å². The molecule has 0 atom stereocenters. The van der Waals surface area contributed by atoms with E-state index in [1.807, 2.05) is 0 Å². The van der Waals surface area contributed by atoms with Crippen molar-refractivity contribution in [2.24, 2.45) is 0 Å². The van der Waals surface area contributed by atoms with Crippen LogP contribution in [0, 0.1) is 0 Å². The van der Waals surface area contributed by atoms with Crippen LogP contribution in [0.3, 0.4) is 0 Å². The van der Waals surface area contributed by atoms with Gasteiger partial charge in [-0.25, -0.2) is 0 Å². The van der Waals surface area contributed by atoms with E-state index in [1.165, 1.54) is 73.1 Å². The van der Waals surface area contributed by atoms with Crippen LogP contribution in [0.25, 0.3) is 0 Å². The normalized spacial score (nSPS) is 11.9. The molecule has 0 saturated carbocycles. The number of allylic oxidation sites excluding steroid dienone is 4. The smallest absolute Gasteiger partial charge is 0.149 e. The topological polar surface area (TPSA) is 27.7 Å². The van der Waals surface area contributed by atoms with Gasteiger partial charge in [-0.2, -0.15) is 0 Å². The van der Waals surface area contributed by atoms with Gasteiger partial charge in [0.2, 0.25) is 0 Å². The Kier molecular flexibility index (Phi) is 29.6. The van der Waals surface area contributed by atoms with Gasteiger partial charge in [0.05, 0.1) is 0 Å². The molecule has 0 saturated heterocycles. The second-order valence-corrected chi connectivity index (χ2v) is 9.42. The SMILES string of the molecule is ICCCCCCC=CCCCOCOCOCCCC=CCCCCCCI. The Bertz CT molecular complexity index is 317. The van der Waals surface area contributed by atoms with Crippen LogP contribution in [-0.2, 0) is 14.2 Å². The summed E-state index contributed by atoms with van der Waals surface area (Å²) in [6.45, 7) is 2.17. The maximum atomic E-state index is 5.46. The summed E-state index contributed by atoms with van der Waals surface area (Å²) in [4.78, 5) is 0. The van der Waals surface area contributed by atoms with Crippen LogP contribution in [0.2, 0.25) is 0 Å². The Morgan fingerprint density at radius 1 is 0.414 bits per heavy atom. The average Bonchev–Trinajstić information content (AvgIpc) is 2.74. The van der Waals surface area contributed by atoms with Crippen molar-refractivity contribution in [2.75, 3.05) is 35.7 Å². The molecule has 0 aromatic heterocycles. The summed E-state index contributed by atoms with van der Waals surface area (Å²) in [5.41, 5.74) is 0. The highest BCUT2D eigenvalue weighted by molar-refractivity contribution is 14.1. The average molecular weight is 634 g/mol. The molecule has 0 radical (unpaired) electrons. The van der Waals surface area contributed by atoms with Crippen molar-refractivity contribution in [3.05, 3.63) is 24.3 Å². The van der Waals surface area contributed by atoms with Gasteiger partial charge in [0, 0.05) is 13.2 Å². The molecule has 0 unspecified atom stereocenters. The maximum absolute atomic E-state index is 5.46. The lowest BCUT2D eigenvalue weighted by atomic mass is 10.1. The summed E-state index contributed by atoms with van der Waals surface area (Å²) < 4.78 is 18.8. The van der Waals surface area contributed by atoms with E-state index in [-0.39, 0.29) is 0 Å². The minimum Gasteiger partial charge on any atom is -0.355 e. The minimum atomic E-state index is 0.331. The van der Waals surface area contributed by atoms with E-state index >= 15 is 0 Å². The standard InChI is InChI=1S/C24H44I2O3/c25-19-15-11-7-3-1-5-9-13-17-21-27-23-29-24-28-22-18-14-10-6-2-4-8-12-16-20-26/h5-6,9-10H,1-4,7-8,11-24H2. The zero-order valence-corrected chi connectivity index (χ0v) is 22.7. The fraction of sp³-hybridized carbons (Fsp3) is 0.833. The molecule has 0 aromatic carbocycles.